The molecule has 0 unspecified atom stereocenters. The highest BCUT2D eigenvalue weighted by Gasteiger charge is 2.30. The summed E-state index contributed by atoms with van der Waals surface area (Å²) in [5.41, 5.74) is 7.42. The molecule has 1 heterocycles. The number of nitrogens with two attached hydrogens (primary N) is 1. The van der Waals surface area contributed by atoms with E-state index in [1.54, 1.807) is 6.07 Å². The summed E-state index contributed by atoms with van der Waals surface area (Å²) in [6.07, 6.45) is 2.16. The molecule has 3 nitrogen and oxygen atoms in total. The van der Waals surface area contributed by atoms with Crippen LogP contribution in [0.25, 0.3) is 0 Å². The van der Waals surface area contributed by atoms with Crippen LogP contribution in [0.3, 0.4) is 0 Å². The monoisotopic (exact) mass is 338 g/mol. The number of hydrogen-bond acceptors (Lipinski definition) is 2. The number of nitrogen functional groups attached to an aromatic ring is 1. The van der Waals surface area contributed by atoms with Gasteiger partial charge in [0.25, 0.3) is 5.91 Å². The van der Waals surface area contributed by atoms with Gasteiger partial charge in [-0.2, -0.15) is 0 Å². The molecular formula is C16H23BrN2O. The van der Waals surface area contributed by atoms with E-state index in [4.69, 9.17) is 5.73 Å². The first-order valence-corrected chi connectivity index (χ1v) is 7.92. The number of likely N-dealkylation sites (tertiary alicyclic amines) is 1. The Balaban J connectivity index is 2.05. The van der Waals surface area contributed by atoms with Crippen LogP contribution in [0, 0.1) is 11.3 Å². The van der Waals surface area contributed by atoms with Crippen molar-refractivity contribution in [3.63, 3.8) is 0 Å². The molecule has 4 heteroatoms. The van der Waals surface area contributed by atoms with Crippen molar-refractivity contribution >= 4 is 27.5 Å². The van der Waals surface area contributed by atoms with Crippen LogP contribution in [-0.4, -0.2) is 23.9 Å². The molecule has 1 aliphatic rings. The van der Waals surface area contributed by atoms with Gasteiger partial charge in [-0.25, -0.2) is 0 Å². The molecule has 0 spiro atoms. The first-order chi connectivity index (χ1) is 9.27. The van der Waals surface area contributed by atoms with Crippen LogP contribution >= 0.6 is 15.9 Å². The predicted octanol–water partition coefficient (Wildman–Crippen LogP) is 3.93. The standard InChI is InChI=1S/C16H23BrN2O/c1-16(2,3)12-4-6-19(7-5-12)15(20)11-8-13(17)10-14(18)9-11/h8-10,12H,4-7,18H2,1-3H3. The zero-order chi connectivity index (χ0) is 14.9. The third-order valence-corrected chi connectivity index (χ3v) is 4.63. The molecule has 110 valence electrons. The first-order valence-electron chi connectivity index (χ1n) is 7.13. The van der Waals surface area contributed by atoms with Crippen molar-refractivity contribution in [2.45, 2.75) is 33.6 Å². The largest absolute Gasteiger partial charge is 0.399 e. The number of hydrogen-bond donors (Lipinski definition) is 1. The zero-order valence-electron chi connectivity index (χ0n) is 12.4. The Labute approximate surface area is 129 Å². The molecule has 0 atom stereocenters. The van der Waals surface area contributed by atoms with Gasteiger partial charge in [-0.15, -0.1) is 0 Å². The summed E-state index contributed by atoms with van der Waals surface area (Å²) < 4.78 is 0.852. The predicted molar refractivity (Wildman–Crippen MR) is 86.6 cm³/mol. The van der Waals surface area contributed by atoms with E-state index in [0.29, 0.717) is 22.6 Å². The molecule has 1 aromatic carbocycles. The average molecular weight is 339 g/mol. The molecule has 1 amide bonds. The van der Waals surface area contributed by atoms with Crippen LogP contribution in [0.2, 0.25) is 0 Å². The van der Waals surface area contributed by atoms with Crippen molar-refractivity contribution < 1.29 is 4.79 Å². The van der Waals surface area contributed by atoms with E-state index in [9.17, 15) is 4.79 Å². The smallest absolute Gasteiger partial charge is 0.253 e. The van der Waals surface area contributed by atoms with Crippen LogP contribution in [0.1, 0.15) is 44.0 Å². The fourth-order valence-corrected chi connectivity index (χ4v) is 3.38. The summed E-state index contributed by atoms with van der Waals surface area (Å²) in [6.45, 7) is 8.53. The van der Waals surface area contributed by atoms with Gasteiger partial charge in [0.2, 0.25) is 0 Å². The van der Waals surface area contributed by atoms with Crippen molar-refractivity contribution in [3.05, 3.63) is 28.2 Å². The third kappa shape index (κ3) is 3.54. The van der Waals surface area contributed by atoms with Gasteiger partial charge >= 0.3 is 0 Å². The highest BCUT2D eigenvalue weighted by atomic mass is 79.9. The molecule has 2 N–H and O–H groups in total. The molecule has 0 bridgehead atoms. The number of rotatable bonds is 1. The van der Waals surface area contributed by atoms with Gasteiger partial charge in [-0.05, 0) is 42.4 Å². The van der Waals surface area contributed by atoms with Crippen molar-refractivity contribution in [1.82, 2.24) is 4.90 Å². The fourth-order valence-electron chi connectivity index (χ4n) is 2.87. The molecule has 0 aromatic heterocycles. The second-order valence-corrected chi connectivity index (χ2v) is 7.62. The highest BCUT2D eigenvalue weighted by molar-refractivity contribution is 9.10. The Hall–Kier alpha value is -1.03. The lowest BCUT2D eigenvalue weighted by Crippen LogP contribution is -2.41. The second-order valence-electron chi connectivity index (χ2n) is 6.71. The van der Waals surface area contributed by atoms with Crippen LogP contribution in [-0.2, 0) is 0 Å². The van der Waals surface area contributed by atoms with Gasteiger partial charge in [0.05, 0.1) is 0 Å². The van der Waals surface area contributed by atoms with E-state index in [0.717, 1.165) is 30.4 Å². The maximum absolute atomic E-state index is 12.5. The third-order valence-electron chi connectivity index (χ3n) is 4.17. The Bertz CT molecular complexity index is 479. The number of benzene rings is 1. The Morgan fingerprint density at radius 2 is 1.85 bits per heavy atom. The molecule has 0 radical (unpaired) electrons. The van der Waals surface area contributed by atoms with Crippen molar-refractivity contribution in [3.8, 4) is 0 Å². The van der Waals surface area contributed by atoms with Crippen LogP contribution in [0.15, 0.2) is 22.7 Å². The Morgan fingerprint density at radius 1 is 1.25 bits per heavy atom. The highest BCUT2D eigenvalue weighted by Crippen LogP contribution is 2.34. The minimum absolute atomic E-state index is 0.0883. The number of piperidine rings is 1. The second kappa shape index (κ2) is 5.76. The molecular weight excluding hydrogens is 316 g/mol. The lowest BCUT2D eigenvalue weighted by molar-refractivity contribution is 0.0608. The lowest BCUT2D eigenvalue weighted by atomic mass is 9.75. The van der Waals surface area contributed by atoms with E-state index in [1.807, 2.05) is 17.0 Å². The van der Waals surface area contributed by atoms with Gasteiger partial charge in [0, 0.05) is 28.8 Å². The quantitative estimate of drug-likeness (QED) is 0.788. The van der Waals surface area contributed by atoms with E-state index in [1.165, 1.54) is 0 Å². The SMILES string of the molecule is CC(C)(C)C1CCN(C(=O)c2cc(N)cc(Br)c2)CC1. The topological polar surface area (TPSA) is 46.3 Å². The zero-order valence-corrected chi connectivity index (χ0v) is 14.0. The van der Waals surface area contributed by atoms with E-state index in [-0.39, 0.29) is 5.91 Å². The van der Waals surface area contributed by atoms with Gasteiger partial charge in [0.1, 0.15) is 0 Å². The number of nitrogens with zero attached hydrogens (tertiary/aromatic N) is 1. The minimum Gasteiger partial charge on any atom is -0.399 e. The maximum Gasteiger partial charge on any atom is 0.253 e. The number of halogens is 1. The van der Waals surface area contributed by atoms with Crippen LogP contribution < -0.4 is 5.73 Å². The van der Waals surface area contributed by atoms with E-state index < -0.39 is 0 Å². The molecule has 1 saturated heterocycles. The summed E-state index contributed by atoms with van der Waals surface area (Å²) in [6, 6.07) is 5.40. The molecule has 2 rings (SSSR count). The minimum atomic E-state index is 0.0883. The summed E-state index contributed by atoms with van der Waals surface area (Å²) in [5, 5.41) is 0. The summed E-state index contributed by atoms with van der Waals surface area (Å²) >= 11 is 3.39. The summed E-state index contributed by atoms with van der Waals surface area (Å²) in [4.78, 5) is 14.5. The number of carbonyl (C=O) groups is 1. The molecule has 1 aromatic rings. The van der Waals surface area contributed by atoms with Gasteiger partial charge < -0.3 is 10.6 Å². The number of amides is 1. The summed E-state index contributed by atoms with van der Waals surface area (Å²) in [7, 11) is 0. The number of carbonyl (C=O) groups excluding carboxylic acids is 1. The van der Waals surface area contributed by atoms with Gasteiger partial charge in [0.15, 0.2) is 0 Å². The molecule has 1 aliphatic heterocycles. The first kappa shape index (κ1) is 15.4. The molecule has 20 heavy (non-hydrogen) atoms. The Morgan fingerprint density at radius 3 is 2.35 bits per heavy atom. The van der Waals surface area contributed by atoms with Crippen molar-refractivity contribution in [1.29, 1.82) is 0 Å². The van der Waals surface area contributed by atoms with Crippen molar-refractivity contribution in [2.75, 3.05) is 18.8 Å². The van der Waals surface area contributed by atoms with E-state index >= 15 is 0 Å². The Kier molecular flexibility index (Phi) is 4.43. The van der Waals surface area contributed by atoms with Crippen LogP contribution in [0.4, 0.5) is 5.69 Å². The normalized spacial score (nSPS) is 17.3. The van der Waals surface area contributed by atoms with Crippen LogP contribution in [0.5, 0.6) is 0 Å². The van der Waals surface area contributed by atoms with Crippen molar-refractivity contribution in [2.24, 2.45) is 11.3 Å². The average Bonchev–Trinajstić information content (AvgIpc) is 2.36. The summed E-state index contributed by atoms with van der Waals surface area (Å²) in [5.74, 6) is 0.782. The van der Waals surface area contributed by atoms with Gasteiger partial charge in [-0.1, -0.05) is 36.7 Å². The van der Waals surface area contributed by atoms with E-state index in [2.05, 4.69) is 36.7 Å². The molecule has 0 aliphatic carbocycles. The number of anilines is 1. The fraction of sp³-hybridized carbons (Fsp3) is 0.562. The molecule has 0 saturated carbocycles. The molecule has 1 fully saturated rings. The maximum atomic E-state index is 12.5. The van der Waals surface area contributed by atoms with Gasteiger partial charge in [-0.3, -0.25) is 4.79 Å². The lowest BCUT2D eigenvalue weighted by Gasteiger charge is -2.38.